The maximum atomic E-state index is 11.4. The molecule has 0 aliphatic rings. The summed E-state index contributed by atoms with van der Waals surface area (Å²) in [4.78, 5) is 11.4. The van der Waals surface area contributed by atoms with Crippen molar-refractivity contribution in [1.82, 2.24) is 0 Å². The average molecular weight is 314 g/mol. The number of carbonyl (C=O) groups is 1. The predicted octanol–water partition coefficient (Wildman–Crippen LogP) is 1.68. The first-order chi connectivity index (χ1) is 9.74. The van der Waals surface area contributed by atoms with Crippen LogP contribution in [-0.4, -0.2) is 33.0 Å². The molecule has 0 aromatic heterocycles. The van der Waals surface area contributed by atoms with Gasteiger partial charge in [0.05, 0.1) is 12.9 Å². The van der Waals surface area contributed by atoms with E-state index in [2.05, 4.69) is 10.5 Å². The van der Waals surface area contributed by atoms with Gasteiger partial charge in [0.15, 0.2) is 5.75 Å². The molecule has 0 aliphatic heterocycles. The van der Waals surface area contributed by atoms with E-state index in [4.69, 9.17) is 8.92 Å². The van der Waals surface area contributed by atoms with Gasteiger partial charge in [-0.25, -0.2) is 4.79 Å². The normalized spacial score (nSPS) is 11.9. The molecule has 0 aliphatic carbocycles. The summed E-state index contributed by atoms with van der Waals surface area (Å²) >= 11 is 0. The Bertz CT molecular complexity index is 653. The van der Waals surface area contributed by atoms with E-state index in [1.54, 1.807) is 32.0 Å². The SMILES string of the molecule is CCOC(=O)/C(C)=N/Nc1cccc(C)c1OS(C)(=O)=O. The van der Waals surface area contributed by atoms with Crippen LogP contribution in [0.5, 0.6) is 5.75 Å². The Labute approximate surface area is 124 Å². The summed E-state index contributed by atoms with van der Waals surface area (Å²) in [5.41, 5.74) is 3.68. The van der Waals surface area contributed by atoms with Crippen LogP contribution < -0.4 is 9.61 Å². The standard InChI is InChI=1S/C13H18N2O5S/c1-5-19-13(16)10(3)14-15-11-8-6-7-9(2)12(11)20-21(4,17)18/h6-8,15H,5H2,1-4H3/b14-10+. The van der Waals surface area contributed by atoms with Gasteiger partial charge in [-0.05, 0) is 32.4 Å². The van der Waals surface area contributed by atoms with E-state index in [1.165, 1.54) is 6.92 Å². The average Bonchev–Trinajstić information content (AvgIpc) is 2.38. The zero-order valence-electron chi connectivity index (χ0n) is 12.3. The highest BCUT2D eigenvalue weighted by Crippen LogP contribution is 2.29. The van der Waals surface area contributed by atoms with Crippen LogP contribution in [0.25, 0.3) is 0 Å². The molecule has 0 spiro atoms. The van der Waals surface area contributed by atoms with Gasteiger partial charge in [-0.2, -0.15) is 13.5 Å². The number of esters is 1. The Kier molecular flexibility index (Phi) is 5.71. The quantitative estimate of drug-likeness (QED) is 0.371. The number of hydrogen-bond acceptors (Lipinski definition) is 7. The molecule has 1 N–H and O–H groups in total. The molecule has 0 saturated heterocycles. The number of hydrazone groups is 1. The maximum Gasteiger partial charge on any atom is 0.354 e. The molecule has 0 amide bonds. The molecule has 0 atom stereocenters. The first-order valence-corrected chi connectivity index (χ1v) is 8.02. The molecule has 116 valence electrons. The lowest BCUT2D eigenvalue weighted by Gasteiger charge is -2.11. The second kappa shape index (κ2) is 7.07. The van der Waals surface area contributed by atoms with Gasteiger partial charge in [-0.3, -0.25) is 5.43 Å². The third-order valence-electron chi connectivity index (χ3n) is 2.36. The Morgan fingerprint density at radius 1 is 1.38 bits per heavy atom. The van der Waals surface area contributed by atoms with Gasteiger partial charge in [-0.15, -0.1) is 0 Å². The fourth-order valence-electron chi connectivity index (χ4n) is 1.43. The highest BCUT2D eigenvalue weighted by atomic mass is 32.2. The first-order valence-electron chi connectivity index (χ1n) is 6.21. The van der Waals surface area contributed by atoms with Gasteiger partial charge in [-0.1, -0.05) is 12.1 Å². The number of ether oxygens (including phenoxy) is 1. The summed E-state index contributed by atoms with van der Waals surface area (Å²) in [7, 11) is -3.67. The Hall–Kier alpha value is -2.09. The molecule has 1 aromatic carbocycles. The number of carbonyl (C=O) groups excluding carboxylic acids is 1. The van der Waals surface area contributed by atoms with Crippen molar-refractivity contribution in [2.24, 2.45) is 5.10 Å². The van der Waals surface area contributed by atoms with E-state index in [0.29, 0.717) is 11.3 Å². The monoisotopic (exact) mass is 314 g/mol. The lowest BCUT2D eigenvalue weighted by molar-refractivity contribution is -0.135. The molecule has 0 fully saturated rings. The molecule has 0 heterocycles. The van der Waals surface area contributed by atoms with Crippen LogP contribution in [0.4, 0.5) is 5.69 Å². The number of hydrogen-bond donors (Lipinski definition) is 1. The van der Waals surface area contributed by atoms with Crippen molar-refractivity contribution in [2.75, 3.05) is 18.3 Å². The van der Waals surface area contributed by atoms with Crippen molar-refractivity contribution in [3.05, 3.63) is 23.8 Å². The summed E-state index contributed by atoms with van der Waals surface area (Å²) in [5.74, 6) is -0.413. The van der Waals surface area contributed by atoms with Crippen molar-refractivity contribution in [2.45, 2.75) is 20.8 Å². The van der Waals surface area contributed by atoms with Crippen LogP contribution >= 0.6 is 0 Å². The molecular weight excluding hydrogens is 296 g/mol. The third kappa shape index (κ3) is 5.42. The van der Waals surface area contributed by atoms with Crippen molar-refractivity contribution in [3.63, 3.8) is 0 Å². The summed E-state index contributed by atoms with van der Waals surface area (Å²) < 4.78 is 32.3. The zero-order valence-corrected chi connectivity index (χ0v) is 13.2. The van der Waals surface area contributed by atoms with Gasteiger partial charge in [0, 0.05) is 0 Å². The van der Waals surface area contributed by atoms with Crippen LogP contribution in [0.2, 0.25) is 0 Å². The minimum atomic E-state index is -3.67. The lowest BCUT2D eigenvalue weighted by atomic mass is 10.2. The minimum absolute atomic E-state index is 0.115. The molecule has 7 nitrogen and oxygen atoms in total. The largest absolute Gasteiger partial charge is 0.461 e. The number of rotatable bonds is 6. The third-order valence-corrected chi connectivity index (χ3v) is 2.83. The van der Waals surface area contributed by atoms with E-state index in [-0.39, 0.29) is 18.1 Å². The second-order valence-electron chi connectivity index (χ2n) is 4.27. The fraction of sp³-hybridized carbons (Fsp3) is 0.385. The highest BCUT2D eigenvalue weighted by molar-refractivity contribution is 7.86. The number of benzene rings is 1. The van der Waals surface area contributed by atoms with E-state index < -0.39 is 16.1 Å². The Balaban J connectivity index is 3.01. The molecule has 8 heteroatoms. The fourth-order valence-corrected chi connectivity index (χ4v) is 1.95. The predicted molar refractivity (Wildman–Crippen MR) is 80.0 cm³/mol. The van der Waals surface area contributed by atoms with Crippen molar-refractivity contribution in [3.8, 4) is 5.75 Å². The molecule has 0 saturated carbocycles. The van der Waals surface area contributed by atoms with E-state index >= 15 is 0 Å². The minimum Gasteiger partial charge on any atom is -0.461 e. The molecule has 0 bridgehead atoms. The number of anilines is 1. The lowest BCUT2D eigenvalue weighted by Crippen LogP contribution is -2.16. The van der Waals surface area contributed by atoms with Crippen LogP contribution in [0.3, 0.4) is 0 Å². The van der Waals surface area contributed by atoms with Crippen LogP contribution in [0.1, 0.15) is 19.4 Å². The summed E-state index contributed by atoms with van der Waals surface area (Å²) in [5, 5.41) is 3.86. The number of aryl methyl sites for hydroxylation is 1. The van der Waals surface area contributed by atoms with Gasteiger partial charge >= 0.3 is 16.1 Å². The van der Waals surface area contributed by atoms with Crippen molar-refractivity contribution < 1.29 is 22.1 Å². The second-order valence-corrected chi connectivity index (χ2v) is 5.84. The zero-order chi connectivity index (χ0) is 16.0. The van der Waals surface area contributed by atoms with Gasteiger partial charge in [0.25, 0.3) is 0 Å². The molecule has 21 heavy (non-hydrogen) atoms. The molecule has 1 rings (SSSR count). The van der Waals surface area contributed by atoms with Gasteiger partial charge < -0.3 is 8.92 Å². The van der Waals surface area contributed by atoms with Crippen LogP contribution in [-0.2, 0) is 19.6 Å². The van der Waals surface area contributed by atoms with Crippen molar-refractivity contribution >= 4 is 27.5 Å². The Morgan fingerprint density at radius 2 is 2.05 bits per heavy atom. The molecular formula is C13H18N2O5S. The maximum absolute atomic E-state index is 11.4. The summed E-state index contributed by atoms with van der Waals surface area (Å²) in [6.07, 6.45) is 0.955. The molecule has 0 radical (unpaired) electrons. The van der Waals surface area contributed by atoms with E-state index in [1.807, 2.05) is 0 Å². The van der Waals surface area contributed by atoms with Crippen LogP contribution in [0, 0.1) is 6.92 Å². The molecule has 0 unspecified atom stereocenters. The Morgan fingerprint density at radius 3 is 2.62 bits per heavy atom. The topological polar surface area (TPSA) is 94.1 Å². The molecule has 1 aromatic rings. The first kappa shape index (κ1) is 17.0. The highest BCUT2D eigenvalue weighted by Gasteiger charge is 2.13. The van der Waals surface area contributed by atoms with Crippen LogP contribution in [0.15, 0.2) is 23.3 Å². The summed E-state index contributed by atoms with van der Waals surface area (Å²) in [6, 6.07) is 5.01. The van der Waals surface area contributed by atoms with Gasteiger partial charge in [0.2, 0.25) is 0 Å². The number of para-hydroxylation sites is 1. The van der Waals surface area contributed by atoms with Gasteiger partial charge in [0.1, 0.15) is 11.4 Å². The summed E-state index contributed by atoms with van der Waals surface area (Å²) in [6.45, 7) is 5.13. The number of nitrogens with one attached hydrogen (secondary N) is 1. The van der Waals surface area contributed by atoms with E-state index in [9.17, 15) is 13.2 Å². The van der Waals surface area contributed by atoms with Crippen molar-refractivity contribution in [1.29, 1.82) is 0 Å². The number of nitrogens with zero attached hydrogens (tertiary/aromatic N) is 1. The smallest absolute Gasteiger partial charge is 0.354 e. The van der Waals surface area contributed by atoms with E-state index in [0.717, 1.165) is 6.26 Å².